The van der Waals surface area contributed by atoms with Gasteiger partial charge in [0.05, 0.1) is 11.4 Å². The molecule has 2 unspecified atom stereocenters. The van der Waals surface area contributed by atoms with Crippen molar-refractivity contribution in [2.45, 2.75) is 44.5 Å². The van der Waals surface area contributed by atoms with Crippen LogP contribution in [0.3, 0.4) is 0 Å². The Morgan fingerprint density at radius 2 is 2.22 bits per heavy atom. The Bertz CT molecular complexity index is 332. The summed E-state index contributed by atoms with van der Waals surface area (Å²) in [6, 6.07) is 0. The lowest BCUT2D eigenvalue weighted by Crippen LogP contribution is -2.48. The van der Waals surface area contributed by atoms with Gasteiger partial charge in [-0.2, -0.15) is 4.31 Å². The van der Waals surface area contributed by atoms with Crippen LogP contribution in [-0.2, 0) is 14.8 Å². The number of nitrogens with one attached hydrogen (secondary N) is 1. The van der Waals surface area contributed by atoms with E-state index >= 15 is 0 Å². The first kappa shape index (κ1) is 15.9. The molecule has 2 atom stereocenters. The molecule has 0 bridgehead atoms. The van der Waals surface area contributed by atoms with E-state index in [1.165, 1.54) is 0 Å². The first-order chi connectivity index (χ1) is 8.52. The molecule has 1 aliphatic rings. The molecular formula is C12H26N2O3S. The molecular weight excluding hydrogens is 252 g/mol. The highest BCUT2D eigenvalue weighted by molar-refractivity contribution is 7.89. The number of hydrogen-bond donors (Lipinski definition) is 1. The van der Waals surface area contributed by atoms with Crippen LogP contribution in [0, 0.1) is 0 Å². The summed E-state index contributed by atoms with van der Waals surface area (Å²) in [5.74, 6) is 0. The molecule has 1 N–H and O–H groups in total. The molecule has 0 amide bonds. The Labute approximate surface area is 111 Å². The zero-order valence-corrected chi connectivity index (χ0v) is 12.5. The van der Waals surface area contributed by atoms with Gasteiger partial charge in [0, 0.05) is 26.2 Å². The van der Waals surface area contributed by atoms with Crippen LogP contribution >= 0.6 is 0 Å². The fraction of sp³-hybridized carbons (Fsp3) is 1.00. The van der Waals surface area contributed by atoms with Crippen molar-refractivity contribution in [1.29, 1.82) is 0 Å². The first-order valence-electron chi connectivity index (χ1n) is 6.77. The molecule has 5 nitrogen and oxygen atoms in total. The molecule has 0 radical (unpaired) electrons. The highest BCUT2D eigenvalue weighted by Gasteiger charge is 2.32. The first-order valence-corrected chi connectivity index (χ1v) is 8.27. The molecule has 0 aromatic rings. The quantitative estimate of drug-likeness (QED) is 0.749. The number of rotatable bonds is 7. The van der Waals surface area contributed by atoms with Crippen LogP contribution in [0.15, 0.2) is 0 Å². The van der Waals surface area contributed by atoms with Crippen LogP contribution in [-0.4, -0.2) is 57.4 Å². The van der Waals surface area contributed by atoms with Gasteiger partial charge in [0.2, 0.25) is 10.0 Å². The minimum Gasteiger partial charge on any atom is -0.377 e. The fourth-order valence-electron chi connectivity index (χ4n) is 2.20. The van der Waals surface area contributed by atoms with E-state index in [1.807, 2.05) is 0 Å². The van der Waals surface area contributed by atoms with Gasteiger partial charge < -0.3 is 10.1 Å². The van der Waals surface area contributed by atoms with Crippen LogP contribution in [0.2, 0.25) is 0 Å². The molecule has 1 rings (SSSR count). The minimum atomic E-state index is -3.19. The van der Waals surface area contributed by atoms with Gasteiger partial charge in [0.25, 0.3) is 0 Å². The van der Waals surface area contributed by atoms with Gasteiger partial charge in [0.15, 0.2) is 0 Å². The number of piperidine rings is 1. The van der Waals surface area contributed by atoms with Crippen molar-refractivity contribution < 1.29 is 13.2 Å². The van der Waals surface area contributed by atoms with Gasteiger partial charge in [-0.3, -0.25) is 0 Å². The molecule has 0 aliphatic carbocycles. The van der Waals surface area contributed by atoms with Crippen molar-refractivity contribution in [3.8, 4) is 0 Å². The van der Waals surface area contributed by atoms with Crippen molar-refractivity contribution in [3.63, 3.8) is 0 Å². The van der Waals surface area contributed by atoms with E-state index in [1.54, 1.807) is 18.3 Å². The molecule has 1 fully saturated rings. The summed E-state index contributed by atoms with van der Waals surface area (Å²) < 4.78 is 31.9. The van der Waals surface area contributed by atoms with E-state index in [-0.39, 0.29) is 11.4 Å². The normalized spacial score (nSPS) is 24.1. The Hall–Kier alpha value is -0.170. The summed E-state index contributed by atoms with van der Waals surface area (Å²) in [5, 5.41) is 2.54. The summed E-state index contributed by atoms with van der Waals surface area (Å²) in [5.41, 5.74) is 0. The van der Waals surface area contributed by atoms with Gasteiger partial charge in [-0.25, -0.2) is 8.42 Å². The average Bonchev–Trinajstić information content (AvgIpc) is 2.37. The highest BCUT2D eigenvalue weighted by atomic mass is 32.2. The van der Waals surface area contributed by atoms with Gasteiger partial charge in [-0.05, 0) is 33.2 Å². The Balaban J connectivity index is 2.59. The lowest BCUT2D eigenvalue weighted by atomic mass is 10.1. The second kappa shape index (κ2) is 7.43. The number of ether oxygens (including phenoxy) is 1. The van der Waals surface area contributed by atoms with Gasteiger partial charge in [0.1, 0.15) is 0 Å². The van der Waals surface area contributed by atoms with Crippen molar-refractivity contribution in [1.82, 2.24) is 9.62 Å². The molecule has 1 saturated heterocycles. The summed E-state index contributed by atoms with van der Waals surface area (Å²) in [7, 11) is -1.42. The molecule has 0 saturated carbocycles. The third-order valence-electron chi connectivity index (χ3n) is 3.26. The maximum atomic E-state index is 12.3. The van der Waals surface area contributed by atoms with Gasteiger partial charge >= 0.3 is 0 Å². The number of sulfonamides is 1. The molecule has 6 heteroatoms. The summed E-state index contributed by atoms with van der Waals surface area (Å²) in [6.45, 7) is 6.15. The van der Waals surface area contributed by atoms with Gasteiger partial charge in [-0.15, -0.1) is 0 Å². The highest BCUT2D eigenvalue weighted by Crippen LogP contribution is 2.19. The predicted molar refractivity (Wildman–Crippen MR) is 73.1 cm³/mol. The predicted octanol–water partition coefficient (Wildman–Crippen LogP) is 0.815. The van der Waals surface area contributed by atoms with E-state index in [9.17, 15) is 8.42 Å². The largest absolute Gasteiger partial charge is 0.377 e. The van der Waals surface area contributed by atoms with Crippen LogP contribution < -0.4 is 5.32 Å². The zero-order chi connectivity index (χ0) is 13.6. The lowest BCUT2D eigenvalue weighted by molar-refractivity contribution is 0.0192. The van der Waals surface area contributed by atoms with E-state index in [0.29, 0.717) is 26.2 Å². The molecule has 0 aromatic heterocycles. The molecule has 1 heterocycles. The minimum absolute atomic E-state index is 0.0651. The monoisotopic (exact) mass is 278 g/mol. The smallest absolute Gasteiger partial charge is 0.218 e. The van der Waals surface area contributed by atoms with Crippen molar-refractivity contribution >= 4 is 10.0 Å². The number of nitrogens with zero attached hydrogens (tertiary/aromatic N) is 1. The third kappa shape index (κ3) is 4.19. The van der Waals surface area contributed by atoms with Crippen LogP contribution in [0.4, 0.5) is 0 Å². The van der Waals surface area contributed by atoms with Crippen molar-refractivity contribution in [3.05, 3.63) is 0 Å². The van der Waals surface area contributed by atoms with Crippen LogP contribution in [0.25, 0.3) is 0 Å². The summed E-state index contributed by atoms with van der Waals surface area (Å²) in [6.07, 6.45) is 2.89. The Morgan fingerprint density at radius 1 is 1.50 bits per heavy atom. The Kier molecular flexibility index (Phi) is 6.55. The lowest BCUT2D eigenvalue weighted by Gasteiger charge is -2.33. The van der Waals surface area contributed by atoms with Crippen molar-refractivity contribution in [2.24, 2.45) is 0 Å². The molecule has 108 valence electrons. The maximum Gasteiger partial charge on any atom is 0.218 e. The zero-order valence-electron chi connectivity index (χ0n) is 11.7. The fourth-order valence-corrected chi connectivity index (χ4v) is 3.85. The standard InChI is InChI=1S/C12H26N2O3S/c1-4-8-17-12-6-5-7-14(10-12)18(15,16)11(2)9-13-3/h11-13H,4-10H2,1-3H3. The second-order valence-electron chi connectivity index (χ2n) is 4.91. The summed E-state index contributed by atoms with van der Waals surface area (Å²) >= 11 is 0. The maximum absolute atomic E-state index is 12.3. The molecule has 0 aromatic carbocycles. The number of hydrogen-bond acceptors (Lipinski definition) is 4. The summed E-state index contributed by atoms with van der Waals surface area (Å²) in [4.78, 5) is 0. The topological polar surface area (TPSA) is 58.6 Å². The molecule has 18 heavy (non-hydrogen) atoms. The van der Waals surface area contributed by atoms with Crippen molar-refractivity contribution in [2.75, 3.05) is 33.3 Å². The van der Waals surface area contributed by atoms with E-state index in [4.69, 9.17) is 4.74 Å². The Morgan fingerprint density at radius 3 is 2.83 bits per heavy atom. The SMILES string of the molecule is CCCOC1CCCN(S(=O)(=O)C(C)CNC)C1. The van der Waals surface area contributed by atoms with Crippen LogP contribution in [0.1, 0.15) is 33.1 Å². The van der Waals surface area contributed by atoms with E-state index in [2.05, 4.69) is 12.2 Å². The van der Waals surface area contributed by atoms with Crippen LogP contribution in [0.5, 0.6) is 0 Å². The third-order valence-corrected chi connectivity index (χ3v) is 5.49. The van der Waals surface area contributed by atoms with Gasteiger partial charge in [-0.1, -0.05) is 6.92 Å². The van der Waals surface area contributed by atoms with E-state index < -0.39 is 10.0 Å². The average molecular weight is 278 g/mol. The second-order valence-corrected chi connectivity index (χ2v) is 7.26. The molecule has 0 spiro atoms. The molecule has 1 aliphatic heterocycles. The van der Waals surface area contributed by atoms with E-state index in [0.717, 1.165) is 19.3 Å².